The van der Waals surface area contributed by atoms with Gasteiger partial charge < -0.3 is 20.5 Å². The van der Waals surface area contributed by atoms with Crippen LogP contribution < -0.4 is 10.6 Å². The number of aromatic amines is 1. The number of benzene rings is 1. The molecule has 3 N–H and O–H groups in total. The van der Waals surface area contributed by atoms with Gasteiger partial charge in [0.2, 0.25) is 5.91 Å². The minimum atomic E-state index is 0. The fraction of sp³-hybridized carbons (Fsp3) is 0.615. The number of carbonyl (C=O) groups is 1. The molecule has 0 unspecified atom stereocenters. The lowest BCUT2D eigenvalue weighted by Crippen LogP contribution is -2.50. The third-order valence-electron chi connectivity index (χ3n) is 6.75. The number of hydrogen-bond donors (Lipinski definition) is 3. The van der Waals surface area contributed by atoms with E-state index in [1.807, 2.05) is 0 Å². The van der Waals surface area contributed by atoms with E-state index >= 15 is 0 Å². The van der Waals surface area contributed by atoms with E-state index in [2.05, 4.69) is 72.6 Å². The van der Waals surface area contributed by atoms with Gasteiger partial charge in [0.25, 0.3) is 0 Å². The summed E-state index contributed by atoms with van der Waals surface area (Å²) >= 11 is 0. The summed E-state index contributed by atoms with van der Waals surface area (Å²) in [5.41, 5.74) is 3.94. The number of likely N-dealkylation sites (tertiary alicyclic amines) is 1. The van der Waals surface area contributed by atoms with Crippen LogP contribution >= 0.6 is 24.0 Å². The smallest absolute Gasteiger partial charge is 0.225 e. The van der Waals surface area contributed by atoms with E-state index in [4.69, 9.17) is 4.99 Å². The van der Waals surface area contributed by atoms with Crippen molar-refractivity contribution >= 4 is 46.7 Å². The molecule has 0 aliphatic carbocycles. The maximum absolute atomic E-state index is 12.6. The van der Waals surface area contributed by atoms with Crippen LogP contribution in [0.2, 0.25) is 0 Å². The van der Waals surface area contributed by atoms with E-state index in [0.29, 0.717) is 11.9 Å². The highest BCUT2D eigenvalue weighted by atomic mass is 127. The summed E-state index contributed by atoms with van der Waals surface area (Å²) < 4.78 is 0. The van der Waals surface area contributed by atoms with Crippen molar-refractivity contribution in [3.05, 3.63) is 35.5 Å². The number of fused-ring (bicyclic) bond motifs is 1. The van der Waals surface area contributed by atoms with Gasteiger partial charge in [0.1, 0.15) is 0 Å². The van der Waals surface area contributed by atoms with Crippen molar-refractivity contribution in [2.75, 3.05) is 26.2 Å². The summed E-state index contributed by atoms with van der Waals surface area (Å²) in [5, 5.41) is 8.30. The Hall–Kier alpha value is -1.77. The highest BCUT2D eigenvalue weighted by Crippen LogP contribution is 2.22. The van der Waals surface area contributed by atoms with Crippen LogP contribution in [0.4, 0.5) is 0 Å². The van der Waals surface area contributed by atoms with E-state index < -0.39 is 0 Å². The molecule has 0 atom stereocenters. The number of hydrogen-bond acceptors (Lipinski definition) is 2. The number of H-pyrrole nitrogens is 1. The fourth-order valence-electron chi connectivity index (χ4n) is 4.72. The maximum atomic E-state index is 12.6. The number of amides is 1. The number of carbonyl (C=O) groups excluding carboxylic acids is 1. The highest BCUT2D eigenvalue weighted by Gasteiger charge is 2.26. The lowest BCUT2D eigenvalue weighted by atomic mass is 9.98. The molecule has 1 aromatic carbocycles. The summed E-state index contributed by atoms with van der Waals surface area (Å²) in [7, 11) is 0. The summed E-state index contributed by atoms with van der Waals surface area (Å²) in [6.07, 6.45) is 7.88. The van der Waals surface area contributed by atoms with Gasteiger partial charge >= 0.3 is 0 Å². The molecule has 0 bridgehead atoms. The Balaban J connectivity index is 0.00000385. The Bertz CT molecular complexity index is 897. The monoisotopic (exact) mass is 567 g/mol. The first-order valence-corrected chi connectivity index (χ1v) is 12.5. The molecule has 0 radical (unpaired) electrons. The predicted molar refractivity (Wildman–Crippen MR) is 150 cm³/mol. The van der Waals surface area contributed by atoms with Gasteiger partial charge in [-0.2, -0.15) is 0 Å². The summed E-state index contributed by atoms with van der Waals surface area (Å²) in [5.74, 6) is 1.39. The van der Waals surface area contributed by atoms with Crippen LogP contribution in [0, 0.1) is 5.92 Å². The van der Waals surface area contributed by atoms with E-state index in [1.54, 1.807) is 0 Å². The van der Waals surface area contributed by atoms with E-state index in [0.717, 1.165) is 70.7 Å². The third kappa shape index (κ3) is 7.11. The van der Waals surface area contributed by atoms with Crippen LogP contribution in [0.25, 0.3) is 10.9 Å². The van der Waals surface area contributed by atoms with Crippen molar-refractivity contribution < 1.29 is 4.79 Å². The molecule has 1 aliphatic heterocycles. The Morgan fingerprint density at radius 2 is 1.88 bits per heavy atom. The van der Waals surface area contributed by atoms with E-state index in [9.17, 15) is 4.79 Å². The van der Waals surface area contributed by atoms with Crippen LogP contribution in [0.1, 0.15) is 64.5 Å². The number of halogens is 1. The molecule has 184 valence electrons. The van der Waals surface area contributed by atoms with Gasteiger partial charge in [-0.15, -0.1) is 24.0 Å². The number of rotatable bonds is 9. The molecular formula is C26H42IN5O. The topological polar surface area (TPSA) is 72.5 Å². The van der Waals surface area contributed by atoms with Crippen LogP contribution in [0.15, 0.2) is 29.4 Å². The number of guanidine groups is 1. The SMILES string of the molecule is CCNC(=NCCc1c[nH]c2c(CC)cccc12)NC1CCN(C(=O)C(CC)CC)CC1.I. The minimum absolute atomic E-state index is 0. The van der Waals surface area contributed by atoms with Crippen molar-refractivity contribution in [2.24, 2.45) is 10.9 Å². The highest BCUT2D eigenvalue weighted by molar-refractivity contribution is 14.0. The van der Waals surface area contributed by atoms with Gasteiger partial charge in [-0.25, -0.2) is 0 Å². The lowest BCUT2D eigenvalue weighted by molar-refractivity contribution is -0.136. The van der Waals surface area contributed by atoms with E-state index in [-0.39, 0.29) is 29.9 Å². The normalized spacial score (nSPS) is 15.1. The summed E-state index contributed by atoms with van der Waals surface area (Å²) in [6, 6.07) is 6.90. The average molecular weight is 568 g/mol. The van der Waals surface area contributed by atoms with Crippen molar-refractivity contribution in [1.29, 1.82) is 0 Å². The molecule has 33 heavy (non-hydrogen) atoms. The zero-order valence-corrected chi connectivity index (χ0v) is 23.1. The standard InChI is InChI=1S/C26H41N5O.HI/c1-5-19(6-2)25(32)31-16-13-22(14-17-31)30-26(27-8-4)28-15-12-21-18-29-24-20(7-3)10-9-11-23(21)24;/h9-11,18-19,22,29H,5-8,12-17H2,1-4H3,(H2,27,28,30);1H. The van der Waals surface area contributed by atoms with Crippen LogP contribution in [0.3, 0.4) is 0 Å². The number of para-hydroxylation sites is 1. The molecule has 7 heteroatoms. The second kappa shape index (κ2) is 13.8. The molecule has 6 nitrogen and oxygen atoms in total. The van der Waals surface area contributed by atoms with Crippen LogP contribution in [-0.2, 0) is 17.6 Å². The van der Waals surface area contributed by atoms with Crippen LogP contribution in [0.5, 0.6) is 0 Å². The number of aliphatic imine (C=N–C) groups is 1. The first-order valence-electron chi connectivity index (χ1n) is 12.5. The molecule has 1 amide bonds. The number of aromatic nitrogens is 1. The molecule has 0 spiro atoms. The number of nitrogens with zero attached hydrogens (tertiary/aromatic N) is 2. The van der Waals surface area contributed by atoms with E-state index in [1.165, 1.54) is 22.0 Å². The van der Waals surface area contributed by atoms with Gasteiger partial charge in [-0.3, -0.25) is 9.79 Å². The Morgan fingerprint density at radius 3 is 2.52 bits per heavy atom. The molecular weight excluding hydrogens is 525 g/mol. The summed E-state index contributed by atoms with van der Waals surface area (Å²) in [4.78, 5) is 23.0. The molecule has 2 aromatic rings. The maximum Gasteiger partial charge on any atom is 0.225 e. The molecule has 1 aliphatic rings. The van der Waals surface area contributed by atoms with Crippen molar-refractivity contribution in [1.82, 2.24) is 20.5 Å². The van der Waals surface area contributed by atoms with Crippen molar-refractivity contribution in [2.45, 2.75) is 72.3 Å². The predicted octanol–water partition coefficient (Wildman–Crippen LogP) is 4.87. The molecule has 3 rings (SSSR count). The van der Waals surface area contributed by atoms with Gasteiger partial charge in [-0.05, 0) is 56.6 Å². The first-order chi connectivity index (χ1) is 15.6. The van der Waals surface area contributed by atoms with Gasteiger partial charge in [0, 0.05) is 55.2 Å². The van der Waals surface area contributed by atoms with Gasteiger partial charge in [0.05, 0.1) is 0 Å². The first kappa shape index (κ1) is 27.5. The average Bonchev–Trinajstić information content (AvgIpc) is 3.23. The quantitative estimate of drug-likeness (QED) is 0.230. The molecule has 2 heterocycles. The molecule has 1 fully saturated rings. The second-order valence-corrected chi connectivity index (χ2v) is 8.78. The molecule has 1 aromatic heterocycles. The summed E-state index contributed by atoms with van der Waals surface area (Å²) in [6.45, 7) is 11.8. The zero-order chi connectivity index (χ0) is 22.9. The Morgan fingerprint density at radius 1 is 1.15 bits per heavy atom. The molecule has 1 saturated heterocycles. The lowest BCUT2D eigenvalue weighted by Gasteiger charge is -2.34. The zero-order valence-electron chi connectivity index (χ0n) is 20.7. The van der Waals surface area contributed by atoms with Crippen LogP contribution in [-0.4, -0.2) is 54.0 Å². The third-order valence-corrected chi connectivity index (χ3v) is 6.75. The molecule has 0 saturated carbocycles. The fourth-order valence-corrected chi connectivity index (χ4v) is 4.72. The number of aryl methyl sites for hydroxylation is 1. The van der Waals surface area contributed by atoms with Crippen molar-refractivity contribution in [3.8, 4) is 0 Å². The van der Waals surface area contributed by atoms with Gasteiger partial charge in [0.15, 0.2) is 5.96 Å². The number of piperidine rings is 1. The van der Waals surface area contributed by atoms with Gasteiger partial charge in [-0.1, -0.05) is 39.0 Å². The Kier molecular flexibility index (Phi) is 11.5. The number of nitrogens with one attached hydrogen (secondary N) is 3. The van der Waals surface area contributed by atoms with Crippen molar-refractivity contribution in [3.63, 3.8) is 0 Å². The largest absolute Gasteiger partial charge is 0.361 e. The second-order valence-electron chi connectivity index (χ2n) is 8.78. The minimum Gasteiger partial charge on any atom is -0.361 e. The Labute approximate surface area is 216 Å².